The Morgan fingerprint density at radius 2 is 1.71 bits per heavy atom. The Bertz CT molecular complexity index is 1360. The van der Waals surface area contributed by atoms with Gasteiger partial charge in [-0.1, -0.05) is 67.6 Å². The number of hydrogen-bond donors (Lipinski definition) is 1. The maximum absolute atomic E-state index is 12.9. The summed E-state index contributed by atoms with van der Waals surface area (Å²) in [5.41, 5.74) is 4.72. The molecule has 1 unspecified atom stereocenters. The maximum atomic E-state index is 12.9. The molecule has 0 aliphatic rings. The quantitative estimate of drug-likeness (QED) is 0.412. The van der Waals surface area contributed by atoms with E-state index in [1.807, 2.05) is 71.1 Å². The van der Waals surface area contributed by atoms with E-state index >= 15 is 0 Å². The molecule has 5 aromatic rings. The number of benzene rings is 3. The van der Waals surface area contributed by atoms with Crippen molar-refractivity contribution in [2.75, 3.05) is 11.9 Å². The fourth-order valence-electron chi connectivity index (χ4n) is 3.72. The van der Waals surface area contributed by atoms with Crippen LogP contribution in [0, 0.1) is 0 Å². The molecule has 0 saturated carbocycles. The first kappa shape index (κ1) is 18.9. The summed E-state index contributed by atoms with van der Waals surface area (Å²) in [7, 11) is 0. The highest BCUT2D eigenvalue weighted by molar-refractivity contribution is 6.10. The molecule has 6 nitrogen and oxygen atoms in total. The normalized spacial score (nSPS) is 12.2. The zero-order valence-corrected chi connectivity index (χ0v) is 17.1. The molecule has 2 heterocycles. The largest absolute Gasteiger partial charge is 0.366 e. The second-order valence-corrected chi connectivity index (χ2v) is 7.58. The summed E-state index contributed by atoms with van der Waals surface area (Å²) in [6.45, 7) is 2.89. The number of ketones is 1. The van der Waals surface area contributed by atoms with Gasteiger partial charge < -0.3 is 5.32 Å². The van der Waals surface area contributed by atoms with E-state index in [9.17, 15) is 4.79 Å². The summed E-state index contributed by atoms with van der Waals surface area (Å²) in [5.74, 6) is 0.963. The molecule has 0 fully saturated rings. The first-order chi connectivity index (χ1) is 15.2. The van der Waals surface area contributed by atoms with Crippen molar-refractivity contribution in [3.05, 3.63) is 102 Å². The van der Waals surface area contributed by atoms with Crippen LogP contribution in [0.4, 0.5) is 5.82 Å². The molecule has 6 heteroatoms. The second-order valence-electron chi connectivity index (χ2n) is 7.58. The van der Waals surface area contributed by atoms with Gasteiger partial charge in [0.2, 0.25) is 5.65 Å². The number of nitrogens with zero attached hydrogens (tertiary/aromatic N) is 4. The highest BCUT2D eigenvalue weighted by atomic mass is 16.1. The monoisotopic (exact) mass is 407 g/mol. The van der Waals surface area contributed by atoms with Crippen LogP contribution in [0.1, 0.15) is 34.3 Å². The van der Waals surface area contributed by atoms with Gasteiger partial charge in [0, 0.05) is 17.7 Å². The van der Waals surface area contributed by atoms with Crippen LogP contribution in [0.3, 0.4) is 0 Å². The predicted octanol–water partition coefficient (Wildman–Crippen LogP) is 4.72. The number of aromatic nitrogens is 4. The molecule has 31 heavy (non-hydrogen) atoms. The topological polar surface area (TPSA) is 72.2 Å². The van der Waals surface area contributed by atoms with E-state index in [0.29, 0.717) is 28.5 Å². The Morgan fingerprint density at radius 1 is 0.968 bits per heavy atom. The molecular formula is C25H21N5O. The van der Waals surface area contributed by atoms with Crippen LogP contribution in [0.25, 0.3) is 16.7 Å². The molecule has 1 N–H and O–H groups in total. The van der Waals surface area contributed by atoms with Crippen LogP contribution in [0.5, 0.6) is 0 Å². The summed E-state index contributed by atoms with van der Waals surface area (Å²) in [6, 6.07) is 25.2. The smallest absolute Gasteiger partial charge is 0.203 e. The minimum absolute atomic E-state index is 0.0254. The van der Waals surface area contributed by atoms with E-state index in [0.717, 1.165) is 17.6 Å². The zero-order chi connectivity index (χ0) is 21.2. The van der Waals surface area contributed by atoms with Crippen LogP contribution in [-0.2, 0) is 0 Å². The highest BCUT2D eigenvalue weighted by Crippen LogP contribution is 2.23. The third-order valence-corrected chi connectivity index (χ3v) is 5.47. The molecule has 0 saturated heterocycles. The SMILES string of the molecule is CC(CNc1nc2ccc(C(=O)c3ccccc3)cc2n2cnnc12)c1ccccc1. The van der Waals surface area contributed by atoms with Gasteiger partial charge in [-0.15, -0.1) is 10.2 Å². The van der Waals surface area contributed by atoms with E-state index in [4.69, 9.17) is 4.98 Å². The first-order valence-electron chi connectivity index (χ1n) is 10.2. The molecule has 0 aliphatic heterocycles. The number of fused-ring (bicyclic) bond motifs is 3. The zero-order valence-electron chi connectivity index (χ0n) is 17.1. The molecule has 5 rings (SSSR count). The van der Waals surface area contributed by atoms with Gasteiger partial charge in [0.15, 0.2) is 11.6 Å². The lowest BCUT2D eigenvalue weighted by Gasteiger charge is -2.14. The lowest BCUT2D eigenvalue weighted by molar-refractivity contribution is 0.103. The molecule has 0 spiro atoms. The van der Waals surface area contributed by atoms with Gasteiger partial charge in [0.25, 0.3) is 0 Å². The molecule has 0 aliphatic carbocycles. The number of anilines is 1. The first-order valence-corrected chi connectivity index (χ1v) is 10.2. The van der Waals surface area contributed by atoms with E-state index in [-0.39, 0.29) is 5.78 Å². The fourth-order valence-corrected chi connectivity index (χ4v) is 3.72. The van der Waals surface area contributed by atoms with E-state index in [2.05, 4.69) is 34.6 Å². The van der Waals surface area contributed by atoms with Crippen LogP contribution >= 0.6 is 0 Å². The van der Waals surface area contributed by atoms with Gasteiger partial charge in [0.05, 0.1) is 11.0 Å². The number of carbonyl (C=O) groups is 1. The number of rotatable bonds is 6. The molecule has 0 amide bonds. The molecule has 1 atom stereocenters. The van der Waals surface area contributed by atoms with Crippen LogP contribution in [0.2, 0.25) is 0 Å². The van der Waals surface area contributed by atoms with Crippen LogP contribution < -0.4 is 5.32 Å². The minimum Gasteiger partial charge on any atom is -0.366 e. The third-order valence-electron chi connectivity index (χ3n) is 5.47. The van der Waals surface area contributed by atoms with Crippen molar-refractivity contribution >= 4 is 28.3 Å². The molecular weight excluding hydrogens is 386 g/mol. The van der Waals surface area contributed by atoms with Gasteiger partial charge in [-0.05, 0) is 29.7 Å². The minimum atomic E-state index is -0.0254. The van der Waals surface area contributed by atoms with Crippen LogP contribution in [-0.4, -0.2) is 31.9 Å². The van der Waals surface area contributed by atoms with Gasteiger partial charge in [-0.3, -0.25) is 9.20 Å². The standard InChI is InChI=1S/C25H21N5O/c1-17(18-8-4-2-5-9-18)15-26-24-25-29-27-16-30(25)22-14-20(12-13-21(22)28-24)23(31)19-10-6-3-7-11-19/h2-14,16-17H,15H2,1H3,(H,26,28). The van der Waals surface area contributed by atoms with Gasteiger partial charge >= 0.3 is 0 Å². The van der Waals surface area contributed by atoms with Crippen molar-refractivity contribution in [2.45, 2.75) is 12.8 Å². The Balaban J connectivity index is 1.49. The Kier molecular flexibility index (Phi) is 4.88. The van der Waals surface area contributed by atoms with E-state index in [1.165, 1.54) is 5.56 Å². The Hall–Kier alpha value is -4.06. The molecule has 0 bridgehead atoms. The van der Waals surface area contributed by atoms with Crippen molar-refractivity contribution < 1.29 is 4.79 Å². The number of hydrogen-bond acceptors (Lipinski definition) is 5. The van der Waals surface area contributed by atoms with Crippen molar-refractivity contribution in [1.29, 1.82) is 0 Å². The number of nitrogens with one attached hydrogen (secondary N) is 1. The average Bonchev–Trinajstić information content (AvgIpc) is 3.33. The Morgan fingerprint density at radius 3 is 2.48 bits per heavy atom. The number of carbonyl (C=O) groups excluding carboxylic acids is 1. The Labute approximate surface area is 179 Å². The van der Waals surface area contributed by atoms with Crippen molar-refractivity contribution in [3.8, 4) is 0 Å². The maximum Gasteiger partial charge on any atom is 0.203 e. The van der Waals surface area contributed by atoms with Crippen molar-refractivity contribution in [3.63, 3.8) is 0 Å². The fraction of sp³-hybridized carbons (Fsp3) is 0.120. The van der Waals surface area contributed by atoms with Crippen LogP contribution in [0.15, 0.2) is 85.2 Å². The van der Waals surface area contributed by atoms with Crippen molar-refractivity contribution in [2.24, 2.45) is 0 Å². The predicted molar refractivity (Wildman–Crippen MR) is 122 cm³/mol. The lowest BCUT2D eigenvalue weighted by Crippen LogP contribution is -2.12. The summed E-state index contributed by atoms with van der Waals surface area (Å²) in [6.07, 6.45) is 1.65. The summed E-state index contributed by atoms with van der Waals surface area (Å²) < 4.78 is 1.87. The molecule has 3 aromatic carbocycles. The molecule has 0 radical (unpaired) electrons. The van der Waals surface area contributed by atoms with Crippen molar-refractivity contribution in [1.82, 2.24) is 19.6 Å². The summed E-state index contributed by atoms with van der Waals surface area (Å²) in [4.78, 5) is 17.6. The molecule has 152 valence electrons. The average molecular weight is 407 g/mol. The van der Waals surface area contributed by atoms with Gasteiger partial charge in [0.1, 0.15) is 6.33 Å². The van der Waals surface area contributed by atoms with E-state index < -0.39 is 0 Å². The molecule has 2 aromatic heterocycles. The highest BCUT2D eigenvalue weighted by Gasteiger charge is 2.15. The lowest BCUT2D eigenvalue weighted by atomic mass is 10.0. The second kappa shape index (κ2) is 7.99. The van der Waals surface area contributed by atoms with E-state index in [1.54, 1.807) is 6.33 Å². The summed E-state index contributed by atoms with van der Waals surface area (Å²) in [5, 5.41) is 11.8. The summed E-state index contributed by atoms with van der Waals surface area (Å²) >= 11 is 0. The van der Waals surface area contributed by atoms with Gasteiger partial charge in [-0.25, -0.2) is 4.98 Å². The van der Waals surface area contributed by atoms with Gasteiger partial charge in [-0.2, -0.15) is 0 Å². The third kappa shape index (κ3) is 3.64.